The number of urea groups is 1. The van der Waals surface area contributed by atoms with E-state index >= 15 is 0 Å². The lowest BCUT2D eigenvalue weighted by Gasteiger charge is -2.38. The maximum Gasteiger partial charge on any atom is 0.329 e. The molecule has 0 aromatic heterocycles. The van der Waals surface area contributed by atoms with Gasteiger partial charge in [-0.25, -0.2) is 9.59 Å². The van der Waals surface area contributed by atoms with E-state index in [1.54, 1.807) is 0 Å². The van der Waals surface area contributed by atoms with Crippen LogP contribution in [0.5, 0.6) is 0 Å². The third kappa shape index (κ3) is 5.77. The van der Waals surface area contributed by atoms with E-state index in [9.17, 15) is 9.59 Å². The molecule has 0 aliphatic carbocycles. The zero-order valence-corrected chi connectivity index (χ0v) is 12.6. The van der Waals surface area contributed by atoms with Crippen LogP contribution >= 0.6 is 0 Å². The van der Waals surface area contributed by atoms with Crippen molar-refractivity contribution in [3.05, 3.63) is 0 Å². The number of aliphatic carboxylic acids is 1. The van der Waals surface area contributed by atoms with Crippen molar-refractivity contribution in [3.8, 4) is 0 Å². The average molecular weight is 286 g/mol. The van der Waals surface area contributed by atoms with E-state index in [2.05, 4.69) is 26.1 Å². The second kappa shape index (κ2) is 7.47. The molecule has 6 heteroatoms. The minimum atomic E-state index is -0.999. The summed E-state index contributed by atoms with van der Waals surface area (Å²) in [5.74, 6) is -0.342. The van der Waals surface area contributed by atoms with Gasteiger partial charge in [0.1, 0.15) is 6.61 Å². The minimum Gasteiger partial charge on any atom is -0.480 e. The first kappa shape index (κ1) is 16.8. The zero-order valence-electron chi connectivity index (χ0n) is 12.6. The summed E-state index contributed by atoms with van der Waals surface area (Å²) in [7, 11) is 0. The molecule has 1 rings (SSSR count). The Morgan fingerprint density at radius 2 is 1.90 bits per heavy atom. The highest BCUT2D eigenvalue weighted by molar-refractivity contribution is 5.74. The quantitative estimate of drug-likeness (QED) is 0.752. The highest BCUT2D eigenvalue weighted by Crippen LogP contribution is 2.34. The molecule has 1 aliphatic rings. The van der Waals surface area contributed by atoms with Gasteiger partial charge in [0.2, 0.25) is 0 Å². The molecule has 0 spiro atoms. The van der Waals surface area contributed by atoms with Gasteiger partial charge in [0.25, 0.3) is 0 Å². The molecule has 1 saturated heterocycles. The molecule has 20 heavy (non-hydrogen) atoms. The summed E-state index contributed by atoms with van der Waals surface area (Å²) in [6.45, 7) is 8.52. The number of rotatable bonds is 5. The monoisotopic (exact) mass is 286 g/mol. The van der Waals surface area contributed by atoms with Crippen molar-refractivity contribution in [2.45, 2.75) is 33.6 Å². The highest BCUT2D eigenvalue weighted by atomic mass is 16.5. The fourth-order valence-corrected chi connectivity index (χ4v) is 2.45. The molecule has 116 valence electrons. The standard InChI is InChI=1S/C14H26N2O4/c1-14(2,3)11-4-7-16(8-5-11)13(19)15-6-9-20-10-12(17)18/h11H,4-10H2,1-3H3,(H,15,19)(H,17,18). The molecule has 0 aromatic rings. The van der Waals surface area contributed by atoms with Crippen LogP contribution in [-0.4, -0.2) is 54.9 Å². The van der Waals surface area contributed by atoms with Gasteiger partial charge in [-0.05, 0) is 24.2 Å². The molecule has 0 saturated carbocycles. The number of nitrogens with one attached hydrogen (secondary N) is 1. The molecule has 1 heterocycles. The number of carbonyl (C=O) groups excluding carboxylic acids is 1. The van der Waals surface area contributed by atoms with Crippen molar-refractivity contribution < 1.29 is 19.4 Å². The Morgan fingerprint density at radius 1 is 1.30 bits per heavy atom. The van der Waals surface area contributed by atoms with Crippen molar-refractivity contribution in [1.82, 2.24) is 10.2 Å². The second-order valence-electron chi connectivity index (χ2n) is 6.31. The van der Waals surface area contributed by atoms with Gasteiger partial charge >= 0.3 is 12.0 Å². The molecule has 0 aromatic carbocycles. The van der Waals surface area contributed by atoms with Gasteiger partial charge in [-0.3, -0.25) is 0 Å². The van der Waals surface area contributed by atoms with Crippen LogP contribution in [0, 0.1) is 11.3 Å². The Hall–Kier alpha value is -1.30. The predicted molar refractivity (Wildman–Crippen MR) is 75.6 cm³/mol. The minimum absolute atomic E-state index is 0.0868. The lowest BCUT2D eigenvalue weighted by molar-refractivity contribution is -0.142. The van der Waals surface area contributed by atoms with Gasteiger partial charge in [-0.15, -0.1) is 0 Å². The average Bonchev–Trinajstić information content (AvgIpc) is 2.37. The summed E-state index contributed by atoms with van der Waals surface area (Å²) < 4.78 is 4.86. The topological polar surface area (TPSA) is 78.9 Å². The number of nitrogens with zero attached hydrogens (tertiary/aromatic N) is 1. The highest BCUT2D eigenvalue weighted by Gasteiger charge is 2.30. The van der Waals surface area contributed by atoms with E-state index in [-0.39, 0.29) is 19.2 Å². The lowest BCUT2D eigenvalue weighted by Crippen LogP contribution is -2.46. The van der Waals surface area contributed by atoms with Crippen LogP contribution in [0.2, 0.25) is 0 Å². The number of ether oxygens (including phenoxy) is 1. The smallest absolute Gasteiger partial charge is 0.329 e. The Labute approximate surface area is 120 Å². The van der Waals surface area contributed by atoms with Crippen molar-refractivity contribution in [2.75, 3.05) is 32.8 Å². The first-order chi connectivity index (χ1) is 9.30. The fraction of sp³-hybridized carbons (Fsp3) is 0.857. The number of likely N-dealkylation sites (tertiary alicyclic amines) is 1. The predicted octanol–water partition coefficient (Wildman–Crippen LogP) is 1.56. The molecule has 2 amide bonds. The number of hydrogen-bond donors (Lipinski definition) is 2. The Balaban J connectivity index is 2.18. The summed E-state index contributed by atoms with van der Waals surface area (Å²) in [5.41, 5.74) is 0.299. The molecule has 0 unspecified atom stereocenters. The number of hydrogen-bond acceptors (Lipinski definition) is 3. The Kier molecular flexibility index (Phi) is 6.26. The Morgan fingerprint density at radius 3 is 2.40 bits per heavy atom. The van der Waals surface area contributed by atoms with Gasteiger partial charge in [0.15, 0.2) is 0 Å². The SMILES string of the molecule is CC(C)(C)C1CCN(C(=O)NCCOCC(=O)O)CC1. The zero-order chi connectivity index (χ0) is 15.2. The fourth-order valence-electron chi connectivity index (χ4n) is 2.45. The summed E-state index contributed by atoms with van der Waals surface area (Å²) in [6.07, 6.45) is 2.07. The van der Waals surface area contributed by atoms with E-state index in [0.717, 1.165) is 25.9 Å². The molecule has 1 aliphatic heterocycles. The summed E-state index contributed by atoms with van der Waals surface area (Å²) in [6, 6.07) is -0.0868. The number of carboxylic acids is 1. The number of piperidine rings is 1. The first-order valence-corrected chi connectivity index (χ1v) is 7.13. The van der Waals surface area contributed by atoms with Crippen LogP contribution in [0.3, 0.4) is 0 Å². The summed E-state index contributed by atoms with van der Waals surface area (Å²) in [5, 5.41) is 11.1. The number of carboxylic acid groups (broad SMARTS) is 1. The first-order valence-electron chi connectivity index (χ1n) is 7.13. The van der Waals surface area contributed by atoms with E-state index < -0.39 is 5.97 Å². The number of amides is 2. The van der Waals surface area contributed by atoms with Gasteiger partial charge in [-0.2, -0.15) is 0 Å². The van der Waals surface area contributed by atoms with Crippen molar-refractivity contribution >= 4 is 12.0 Å². The third-order valence-corrected chi connectivity index (χ3v) is 3.76. The number of carbonyl (C=O) groups is 2. The van der Waals surface area contributed by atoms with Gasteiger partial charge in [0.05, 0.1) is 6.61 Å². The van der Waals surface area contributed by atoms with Gasteiger partial charge in [0, 0.05) is 19.6 Å². The van der Waals surface area contributed by atoms with Crippen molar-refractivity contribution in [1.29, 1.82) is 0 Å². The second-order valence-corrected chi connectivity index (χ2v) is 6.31. The normalized spacial score (nSPS) is 17.1. The lowest BCUT2D eigenvalue weighted by atomic mass is 9.75. The van der Waals surface area contributed by atoms with E-state index in [1.165, 1.54) is 0 Å². The van der Waals surface area contributed by atoms with Gasteiger partial charge < -0.3 is 20.1 Å². The van der Waals surface area contributed by atoms with Crippen LogP contribution in [0.4, 0.5) is 4.79 Å². The summed E-state index contributed by atoms with van der Waals surface area (Å²) in [4.78, 5) is 23.9. The van der Waals surface area contributed by atoms with Crippen LogP contribution in [0.25, 0.3) is 0 Å². The van der Waals surface area contributed by atoms with Crippen molar-refractivity contribution in [2.24, 2.45) is 11.3 Å². The maximum absolute atomic E-state index is 11.9. The van der Waals surface area contributed by atoms with Crippen LogP contribution in [0.15, 0.2) is 0 Å². The molecule has 0 atom stereocenters. The molecule has 0 bridgehead atoms. The molecular weight excluding hydrogens is 260 g/mol. The third-order valence-electron chi connectivity index (χ3n) is 3.76. The van der Waals surface area contributed by atoms with Crippen LogP contribution in [0.1, 0.15) is 33.6 Å². The maximum atomic E-state index is 11.9. The largest absolute Gasteiger partial charge is 0.480 e. The van der Waals surface area contributed by atoms with E-state index in [0.29, 0.717) is 17.9 Å². The molecular formula is C14H26N2O4. The van der Waals surface area contributed by atoms with E-state index in [1.807, 2.05) is 4.90 Å². The van der Waals surface area contributed by atoms with Gasteiger partial charge in [-0.1, -0.05) is 20.8 Å². The van der Waals surface area contributed by atoms with Crippen molar-refractivity contribution in [3.63, 3.8) is 0 Å². The molecule has 6 nitrogen and oxygen atoms in total. The summed E-state index contributed by atoms with van der Waals surface area (Å²) >= 11 is 0. The van der Waals surface area contributed by atoms with Crippen LogP contribution < -0.4 is 5.32 Å². The van der Waals surface area contributed by atoms with Crippen LogP contribution in [-0.2, 0) is 9.53 Å². The molecule has 2 N–H and O–H groups in total. The van der Waals surface area contributed by atoms with E-state index in [4.69, 9.17) is 9.84 Å². The Bertz CT molecular complexity index is 331. The molecule has 1 fully saturated rings. The molecule has 0 radical (unpaired) electrons.